The number of rotatable bonds is 9. The van der Waals surface area contributed by atoms with Crippen LogP contribution in [0.15, 0.2) is 27.9 Å². The molecule has 0 radical (unpaired) electrons. The Kier molecular flexibility index (Phi) is 6.82. The second-order valence-electron chi connectivity index (χ2n) is 7.02. The van der Waals surface area contributed by atoms with E-state index in [2.05, 4.69) is 22.0 Å². The standard InChI is InChI=1S/C20H25ClN4O4S/c1-4-6-7-8-9-17-22-13(3)18-20(26)23-19(24-25(17)18)15-12-14(30(21,27)28)10-11-16(15)29-5-2/h10-12H,4-9H2,1-3H3,(H,23,24,26). The molecule has 30 heavy (non-hydrogen) atoms. The van der Waals surface area contributed by atoms with E-state index >= 15 is 0 Å². The first kappa shape index (κ1) is 22.3. The van der Waals surface area contributed by atoms with Gasteiger partial charge in [-0.05, 0) is 38.5 Å². The van der Waals surface area contributed by atoms with Crippen LogP contribution in [0.4, 0.5) is 0 Å². The number of imidazole rings is 1. The second kappa shape index (κ2) is 9.18. The zero-order chi connectivity index (χ0) is 21.9. The zero-order valence-corrected chi connectivity index (χ0v) is 18.8. The van der Waals surface area contributed by atoms with Crippen LogP contribution < -0.4 is 10.3 Å². The maximum atomic E-state index is 12.8. The van der Waals surface area contributed by atoms with Gasteiger partial charge in [-0.1, -0.05) is 26.2 Å². The molecule has 0 amide bonds. The molecule has 1 N–H and O–H groups in total. The largest absolute Gasteiger partial charge is 0.493 e. The summed E-state index contributed by atoms with van der Waals surface area (Å²) < 4.78 is 30.8. The van der Waals surface area contributed by atoms with Crippen molar-refractivity contribution in [1.29, 1.82) is 0 Å². The Bertz CT molecular complexity index is 1220. The molecular weight excluding hydrogens is 428 g/mol. The van der Waals surface area contributed by atoms with E-state index in [9.17, 15) is 13.2 Å². The van der Waals surface area contributed by atoms with Gasteiger partial charge in [0, 0.05) is 17.1 Å². The molecule has 0 aliphatic heterocycles. The fourth-order valence-corrected chi connectivity index (χ4v) is 4.13. The van der Waals surface area contributed by atoms with Crippen LogP contribution in [0.3, 0.4) is 0 Å². The average Bonchev–Trinajstić information content (AvgIpc) is 3.01. The van der Waals surface area contributed by atoms with Crippen molar-refractivity contribution in [3.63, 3.8) is 0 Å². The third-order valence-electron chi connectivity index (χ3n) is 4.78. The van der Waals surface area contributed by atoms with Crippen molar-refractivity contribution in [1.82, 2.24) is 19.6 Å². The molecule has 1 aromatic carbocycles. The summed E-state index contributed by atoms with van der Waals surface area (Å²) in [6.45, 7) is 6.09. The van der Waals surface area contributed by atoms with Crippen LogP contribution in [0.2, 0.25) is 0 Å². The van der Waals surface area contributed by atoms with Gasteiger partial charge in [0.05, 0.1) is 22.8 Å². The number of fused-ring (bicyclic) bond motifs is 1. The van der Waals surface area contributed by atoms with Gasteiger partial charge < -0.3 is 9.72 Å². The Morgan fingerprint density at radius 1 is 1.20 bits per heavy atom. The molecule has 2 aromatic heterocycles. The zero-order valence-electron chi connectivity index (χ0n) is 17.2. The summed E-state index contributed by atoms with van der Waals surface area (Å²) in [5.74, 6) is 1.28. The summed E-state index contributed by atoms with van der Waals surface area (Å²) in [6.07, 6.45) is 4.98. The monoisotopic (exact) mass is 452 g/mol. The number of halogens is 1. The molecule has 0 saturated heterocycles. The number of aromatic nitrogens is 4. The molecule has 0 aliphatic rings. The van der Waals surface area contributed by atoms with E-state index in [1.165, 1.54) is 18.2 Å². The van der Waals surface area contributed by atoms with E-state index in [0.717, 1.165) is 25.7 Å². The quantitative estimate of drug-likeness (QED) is 0.390. The summed E-state index contributed by atoms with van der Waals surface area (Å²) in [5, 5.41) is 4.57. The molecule has 162 valence electrons. The highest BCUT2D eigenvalue weighted by Gasteiger charge is 2.19. The minimum atomic E-state index is -3.96. The molecule has 0 spiro atoms. The Balaban J connectivity index is 2.15. The van der Waals surface area contributed by atoms with Gasteiger partial charge in [-0.3, -0.25) is 4.79 Å². The molecule has 0 atom stereocenters. The minimum absolute atomic E-state index is 0.105. The van der Waals surface area contributed by atoms with Crippen molar-refractivity contribution < 1.29 is 13.2 Å². The Morgan fingerprint density at radius 2 is 1.97 bits per heavy atom. The molecule has 0 bridgehead atoms. The first-order valence-electron chi connectivity index (χ1n) is 9.96. The van der Waals surface area contributed by atoms with Gasteiger partial charge in [0.15, 0.2) is 11.3 Å². The molecule has 2 heterocycles. The number of aromatic amines is 1. The first-order valence-corrected chi connectivity index (χ1v) is 12.3. The normalized spacial score (nSPS) is 11.9. The predicted octanol–water partition coefficient (Wildman–Crippen LogP) is 3.84. The van der Waals surface area contributed by atoms with Crippen LogP contribution in [0, 0.1) is 6.92 Å². The van der Waals surface area contributed by atoms with Crippen molar-refractivity contribution in [2.75, 3.05) is 6.61 Å². The smallest absolute Gasteiger partial charge is 0.277 e. The number of nitrogens with one attached hydrogen (secondary N) is 1. The number of hydrogen-bond acceptors (Lipinski definition) is 6. The Labute approximate surface area is 179 Å². The molecule has 10 heteroatoms. The molecule has 3 rings (SSSR count). The van der Waals surface area contributed by atoms with Gasteiger partial charge in [-0.2, -0.15) is 0 Å². The number of unbranched alkanes of at least 4 members (excludes halogenated alkanes) is 3. The van der Waals surface area contributed by atoms with Crippen molar-refractivity contribution in [2.24, 2.45) is 0 Å². The van der Waals surface area contributed by atoms with Crippen LogP contribution in [0.5, 0.6) is 5.75 Å². The highest BCUT2D eigenvalue weighted by molar-refractivity contribution is 8.13. The lowest BCUT2D eigenvalue weighted by atomic mass is 10.1. The maximum absolute atomic E-state index is 12.8. The molecule has 8 nitrogen and oxygen atoms in total. The van der Waals surface area contributed by atoms with E-state index in [-0.39, 0.29) is 16.3 Å². The summed E-state index contributed by atoms with van der Waals surface area (Å²) in [7, 11) is 1.55. The fourth-order valence-electron chi connectivity index (χ4n) is 3.36. The molecule has 0 saturated carbocycles. The van der Waals surface area contributed by atoms with Crippen LogP contribution in [0.25, 0.3) is 16.9 Å². The van der Waals surface area contributed by atoms with Crippen molar-refractivity contribution in [3.05, 3.63) is 40.1 Å². The number of nitrogens with zero attached hydrogens (tertiary/aromatic N) is 3. The predicted molar refractivity (Wildman–Crippen MR) is 116 cm³/mol. The highest BCUT2D eigenvalue weighted by Crippen LogP contribution is 2.31. The second-order valence-corrected chi connectivity index (χ2v) is 9.58. The number of H-pyrrole nitrogens is 1. The summed E-state index contributed by atoms with van der Waals surface area (Å²) in [5.41, 5.74) is 0.957. The van der Waals surface area contributed by atoms with Gasteiger partial charge in [0.1, 0.15) is 11.6 Å². The van der Waals surface area contributed by atoms with Crippen LogP contribution in [0.1, 0.15) is 51.0 Å². The van der Waals surface area contributed by atoms with Gasteiger partial charge >= 0.3 is 0 Å². The third kappa shape index (κ3) is 4.67. The number of aryl methyl sites for hydroxylation is 2. The van der Waals surface area contributed by atoms with Gasteiger partial charge in [-0.15, -0.1) is 5.10 Å². The Morgan fingerprint density at radius 3 is 2.63 bits per heavy atom. The topological polar surface area (TPSA) is 106 Å². The lowest BCUT2D eigenvalue weighted by molar-refractivity contribution is 0.341. The molecule has 3 aromatic rings. The number of ether oxygens (including phenoxy) is 1. The number of hydrogen-bond donors (Lipinski definition) is 1. The van der Waals surface area contributed by atoms with E-state index < -0.39 is 9.05 Å². The van der Waals surface area contributed by atoms with Crippen LogP contribution in [-0.4, -0.2) is 34.6 Å². The van der Waals surface area contributed by atoms with E-state index in [4.69, 9.17) is 15.4 Å². The van der Waals surface area contributed by atoms with Crippen molar-refractivity contribution >= 4 is 25.2 Å². The summed E-state index contributed by atoms with van der Waals surface area (Å²) in [6, 6.07) is 4.21. The molecular formula is C20H25ClN4O4S. The molecule has 0 fully saturated rings. The molecule has 0 unspecified atom stereocenters. The van der Waals surface area contributed by atoms with E-state index in [0.29, 0.717) is 41.4 Å². The summed E-state index contributed by atoms with van der Waals surface area (Å²) >= 11 is 0. The first-order chi connectivity index (χ1) is 14.3. The lowest BCUT2D eigenvalue weighted by Crippen LogP contribution is -2.16. The van der Waals surface area contributed by atoms with Gasteiger partial charge in [-0.25, -0.2) is 17.9 Å². The Hall–Kier alpha value is -2.39. The maximum Gasteiger partial charge on any atom is 0.277 e. The van der Waals surface area contributed by atoms with E-state index in [1.54, 1.807) is 11.4 Å². The SMILES string of the molecule is CCCCCCc1nc(C)c2c(=O)[nH]c(-c3cc(S(=O)(=O)Cl)ccc3OCC)nn12. The average molecular weight is 453 g/mol. The van der Waals surface area contributed by atoms with Gasteiger partial charge in [0.2, 0.25) is 0 Å². The highest BCUT2D eigenvalue weighted by atomic mass is 35.7. The number of benzene rings is 1. The third-order valence-corrected chi connectivity index (χ3v) is 6.14. The van der Waals surface area contributed by atoms with Gasteiger partial charge in [0.25, 0.3) is 14.6 Å². The van der Waals surface area contributed by atoms with Crippen molar-refractivity contribution in [3.8, 4) is 17.1 Å². The fraction of sp³-hybridized carbons (Fsp3) is 0.450. The molecule has 0 aliphatic carbocycles. The van der Waals surface area contributed by atoms with E-state index in [1.807, 2.05) is 6.92 Å². The van der Waals surface area contributed by atoms with Crippen LogP contribution >= 0.6 is 10.7 Å². The minimum Gasteiger partial charge on any atom is -0.493 e. The summed E-state index contributed by atoms with van der Waals surface area (Å²) in [4.78, 5) is 19.9. The van der Waals surface area contributed by atoms with Crippen LogP contribution in [-0.2, 0) is 15.5 Å². The van der Waals surface area contributed by atoms with Crippen molar-refractivity contribution in [2.45, 2.75) is 57.8 Å². The lowest BCUT2D eigenvalue weighted by Gasteiger charge is -2.11.